The number of likely N-dealkylation sites (N-methyl/N-ethyl adjacent to an activating group) is 1. The van der Waals surface area contributed by atoms with E-state index in [1.807, 2.05) is 13.4 Å². The highest BCUT2D eigenvalue weighted by atomic mass is 15.0. The van der Waals surface area contributed by atoms with Crippen molar-refractivity contribution in [3.8, 4) is 0 Å². The molecule has 1 N–H and O–H groups in total. The summed E-state index contributed by atoms with van der Waals surface area (Å²) in [6.45, 7) is 1.06. The molecule has 0 saturated heterocycles. The zero-order valence-electron chi connectivity index (χ0n) is 7.67. The lowest BCUT2D eigenvalue weighted by Crippen LogP contribution is -2.15. The van der Waals surface area contributed by atoms with Gasteiger partial charge in [-0.1, -0.05) is 0 Å². The summed E-state index contributed by atoms with van der Waals surface area (Å²) in [4.78, 5) is 4.42. The largest absolute Gasteiger partial charge is 0.337 e. The van der Waals surface area contributed by atoms with Crippen molar-refractivity contribution >= 4 is 0 Å². The molecular weight excluding hydrogens is 150 g/mol. The van der Waals surface area contributed by atoms with Gasteiger partial charge in [0.15, 0.2) is 0 Å². The Morgan fingerprint density at radius 3 is 3.33 bits per heavy atom. The zero-order valence-corrected chi connectivity index (χ0v) is 7.67. The predicted octanol–water partition coefficient (Wildman–Crippen LogP) is 0.669. The molecule has 1 unspecified atom stereocenters. The van der Waals surface area contributed by atoms with Gasteiger partial charge in [-0.2, -0.15) is 0 Å². The molecule has 1 aromatic rings. The van der Waals surface area contributed by atoms with E-state index in [1.54, 1.807) is 0 Å². The summed E-state index contributed by atoms with van der Waals surface area (Å²) < 4.78 is 2.14. The minimum atomic E-state index is 0.645. The van der Waals surface area contributed by atoms with Crippen LogP contribution in [0.25, 0.3) is 0 Å². The van der Waals surface area contributed by atoms with E-state index in [0.29, 0.717) is 5.92 Å². The SMILES string of the molecule is CNCC1CCc2c1ncn2C. The molecule has 0 bridgehead atoms. The number of nitrogens with one attached hydrogen (secondary N) is 1. The Morgan fingerprint density at radius 2 is 2.58 bits per heavy atom. The maximum atomic E-state index is 4.42. The van der Waals surface area contributed by atoms with E-state index in [0.717, 1.165) is 6.54 Å². The fraction of sp³-hybridized carbons (Fsp3) is 0.667. The number of rotatable bonds is 2. The second-order valence-corrected chi connectivity index (χ2v) is 3.48. The van der Waals surface area contributed by atoms with E-state index >= 15 is 0 Å². The van der Waals surface area contributed by atoms with Gasteiger partial charge in [0.1, 0.15) is 0 Å². The van der Waals surface area contributed by atoms with Crippen molar-refractivity contribution in [2.24, 2.45) is 7.05 Å². The van der Waals surface area contributed by atoms with E-state index in [9.17, 15) is 0 Å². The molecule has 0 amide bonds. The van der Waals surface area contributed by atoms with Crippen LogP contribution in [0.15, 0.2) is 6.33 Å². The molecule has 1 aliphatic rings. The van der Waals surface area contributed by atoms with Gasteiger partial charge in [-0.15, -0.1) is 0 Å². The van der Waals surface area contributed by atoms with Gasteiger partial charge in [0, 0.05) is 25.2 Å². The fourth-order valence-electron chi connectivity index (χ4n) is 2.01. The molecule has 12 heavy (non-hydrogen) atoms. The second kappa shape index (κ2) is 2.90. The van der Waals surface area contributed by atoms with Crippen LogP contribution < -0.4 is 5.32 Å². The van der Waals surface area contributed by atoms with Crippen LogP contribution in [0, 0.1) is 0 Å². The minimum absolute atomic E-state index is 0.645. The normalized spacial score (nSPS) is 21.3. The van der Waals surface area contributed by atoms with Gasteiger partial charge in [-0.3, -0.25) is 0 Å². The number of hydrogen-bond acceptors (Lipinski definition) is 2. The number of nitrogens with zero attached hydrogens (tertiary/aromatic N) is 2. The summed E-state index contributed by atoms with van der Waals surface area (Å²) >= 11 is 0. The highest BCUT2D eigenvalue weighted by Crippen LogP contribution is 2.30. The van der Waals surface area contributed by atoms with Crippen LogP contribution in [0.3, 0.4) is 0 Å². The molecule has 0 aromatic carbocycles. The third-order valence-corrected chi connectivity index (χ3v) is 2.66. The Kier molecular flexibility index (Phi) is 1.89. The highest BCUT2D eigenvalue weighted by molar-refractivity contribution is 5.24. The maximum absolute atomic E-state index is 4.42. The topological polar surface area (TPSA) is 29.9 Å². The molecule has 1 heterocycles. The minimum Gasteiger partial charge on any atom is -0.337 e. The van der Waals surface area contributed by atoms with E-state index in [1.165, 1.54) is 24.2 Å². The van der Waals surface area contributed by atoms with E-state index in [4.69, 9.17) is 0 Å². The summed E-state index contributed by atoms with van der Waals surface area (Å²) in [5.41, 5.74) is 2.74. The predicted molar refractivity (Wildman–Crippen MR) is 48.2 cm³/mol. The van der Waals surface area contributed by atoms with Gasteiger partial charge in [-0.05, 0) is 19.9 Å². The standard InChI is InChI=1S/C9H15N3/c1-10-5-7-3-4-8-9(7)11-6-12(8)2/h6-7,10H,3-5H2,1-2H3. The molecule has 0 spiro atoms. The van der Waals surface area contributed by atoms with Gasteiger partial charge in [0.05, 0.1) is 12.0 Å². The Balaban J connectivity index is 2.24. The molecule has 1 aromatic heterocycles. The monoisotopic (exact) mass is 165 g/mol. The Morgan fingerprint density at radius 1 is 1.75 bits per heavy atom. The lowest BCUT2D eigenvalue weighted by Gasteiger charge is -2.05. The van der Waals surface area contributed by atoms with E-state index in [2.05, 4.69) is 21.9 Å². The molecule has 3 nitrogen and oxygen atoms in total. The van der Waals surface area contributed by atoms with Gasteiger partial charge in [0.2, 0.25) is 0 Å². The molecule has 3 heteroatoms. The third kappa shape index (κ3) is 1.05. The Bertz CT molecular complexity index is 277. The molecule has 1 aliphatic carbocycles. The van der Waals surface area contributed by atoms with E-state index in [-0.39, 0.29) is 0 Å². The van der Waals surface area contributed by atoms with Crippen LogP contribution in [0.1, 0.15) is 23.7 Å². The molecule has 0 aliphatic heterocycles. The molecule has 66 valence electrons. The number of aromatic nitrogens is 2. The van der Waals surface area contributed by atoms with Crippen molar-refractivity contribution in [2.45, 2.75) is 18.8 Å². The zero-order chi connectivity index (χ0) is 8.55. The maximum Gasteiger partial charge on any atom is 0.0949 e. The molecular formula is C9H15N3. The van der Waals surface area contributed by atoms with Gasteiger partial charge in [-0.25, -0.2) is 4.98 Å². The summed E-state index contributed by atoms with van der Waals surface area (Å²) in [5.74, 6) is 0.645. The Hall–Kier alpha value is -0.830. The van der Waals surface area contributed by atoms with Crippen LogP contribution in [-0.2, 0) is 13.5 Å². The lowest BCUT2D eigenvalue weighted by atomic mass is 10.1. The lowest BCUT2D eigenvalue weighted by molar-refractivity contribution is 0.608. The van der Waals surface area contributed by atoms with Crippen LogP contribution in [0.5, 0.6) is 0 Å². The highest BCUT2D eigenvalue weighted by Gasteiger charge is 2.25. The van der Waals surface area contributed by atoms with Crippen molar-refractivity contribution in [2.75, 3.05) is 13.6 Å². The first-order chi connectivity index (χ1) is 5.83. The first-order valence-corrected chi connectivity index (χ1v) is 4.47. The van der Waals surface area contributed by atoms with Crippen molar-refractivity contribution in [1.29, 1.82) is 0 Å². The summed E-state index contributed by atoms with van der Waals surface area (Å²) in [6, 6.07) is 0. The second-order valence-electron chi connectivity index (χ2n) is 3.48. The molecule has 0 radical (unpaired) electrons. The van der Waals surface area contributed by atoms with Crippen molar-refractivity contribution < 1.29 is 0 Å². The third-order valence-electron chi connectivity index (χ3n) is 2.66. The molecule has 0 saturated carbocycles. The number of imidazole rings is 1. The Labute approximate surface area is 72.8 Å². The van der Waals surface area contributed by atoms with Crippen LogP contribution >= 0.6 is 0 Å². The van der Waals surface area contributed by atoms with Gasteiger partial charge < -0.3 is 9.88 Å². The van der Waals surface area contributed by atoms with Crippen molar-refractivity contribution in [1.82, 2.24) is 14.9 Å². The van der Waals surface area contributed by atoms with Crippen LogP contribution in [0.4, 0.5) is 0 Å². The van der Waals surface area contributed by atoms with Crippen molar-refractivity contribution in [3.63, 3.8) is 0 Å². The van der Waals surface area contributed by atoms with Gasteiger partial charge in [0.25, 0.3) is 0 Å². The fourth-order valence-corrected chi connectivity index (χ4v) is 2.01. The number of fused-ring (bicyclic) bond motifs is 1. The molecule has 1 atom stereocenters. The quantitative estimate of drug-likeness (QED) is 0.698. The summed E-state index contributed by atoms with van der Waals surface area (Å²) in [7, 11) is 4.08. The smallest absolute Gasteiger partial charge is 0.0949 e. The molecule has 2 rings (SSSR count). The van der Waals surface area contributed by atoms with Crippen LogP contribution in [0.2, 0.25) is 0 Å². The van der Waals surface area contributed by atoms with E-state index < -0.39 is 0 Å². The first-order valence-electron chi connectivity index (χ1n) is 4.47. The van der Waals surface area contributed by atoms with Crippen molar-refractivity contribution in [3.05, 3.63) is 17.7 Å². The number of aryl methyl sites for hydroxylation is 1. The van der Waals surface area contributed by atoms with Crippen LogP contribution in [-0.4, -0.2) is 23.1 Å². The summed E-state index contributed by atoms with van der Waals surface area (Å²) in [5, 5.41) is 3.21. The molecule has 0 fully saturated rings. The summed E-state index contributed by atoms with van der Waals surface area (Å²) in [6.07, 6.45) is 4.37. The first kappa shape index (κ1) is 7.80. The number of hydrogen-bond donors (Lipinski definition) is 1. The van der Waals surface area contributed by atoms with Gasteiger partial charge >= 0.3 is 0 Å². The average Bonchev–Trinajstić information content (AvgIpc) is 2.58. The average molecular weight is 165 g/mol.